The van der Waals surface area contributed by atoms with E-state index in [1.54, 1.807) is 12.1 Å². The zero-order chi connectivity index (χ0) is 64.3. The molecule has 0 aromatic heterocycles. The van der Waals surface area contributed by atoms with E-state index in [4.69, 9.17) is 64.8 Å². The van der Waals surface area contributed by atoms with Crippen LogP contribution in [-0.4, -0.2) is 137 Å². The monoisotopic (exact) mass is 1210 g/mol. The van der Waals surface area contributed by atoms with Crippen molar-refractivity contribution in [3.05, 3.63) is 47.5 Å². The molecule has 2 aromatic carbocycles. The molecule has 0 aliphatic rings. The number of methoxy groups -OCH3 is 2. The molecule has 0 saturated heterocycles. The summed E-state index contributed by atoms with van der Waals surface area (Å²) in [6, 6.07) is 7.08. The van der Waals surface area contributed by atoms with Crippen molar-refractivity contribution in [3.63, 3.8) is 0 Å². The molecule has 0 heterocycles. The first-order valence-electron chi connectivity index (χ1n) is 28.4. The van der Waals surface area contributed by atoms with Crippen LogP contribution < -0.4 is 76.6 Å². The quantitative estimate of drug-likeness (QED) is 0.0202. The molecule has 0 bridgehead atoms. The summed E-state index contributed by atoms with van der Waals surface area (Å²) in [5.74, 6) is -3.88. The molecule has 0 fully saturated rings. The molecule has 0 aliphatic heterocycles. The molecule has 26 nitrogen and oxygen atoms in total. The highest BCUT2D eigenvalue weighted by Gasteiger charge is 2.33. The number of nitrogens with one attached hydrogen (secondary N) is 4. The minimum absolute atomic E-state index is 0.0558. The molecule has 0 saturated carbocycles. The van der Waals surface area contributed by atoms with E-state index in [0.717, 1.165) is 24.0 Å². The Morgan fingerprint density at radius 3 is 1.02 bits per heavy atom. The number of amides is 4. The van der Waals surface area contributed by atoms with E-state index in [2.05, 4.69) is 110 Å². The molecule has 4 atom stereocenters. The molecule has 476 valence electrons. The maximum Gasteiger partial charge on any atom is 0.328 e. The minimum atomic E-state index is -1.15. The van der Waals surface area contributed by atoms with Gasteiger partial charge in [0.15, 0.2) is 37.1 Å². The summed E-state index contributed by atoms with van der Waals surface area (Å²) >= 11 is 1.31. The maximum absolute atomic E-state index is 14.0. The molecule has 4 amide bonds. The topological polar surface area (TPSA) is 445 Å². The SMILES string of the molecule is COC(=O)[C@H](CCCN=C(N)N)NC(=O)[C@H](CCCN=C(N)N)NC(=O)COc1ccc(C(C)(C)CC(C)(C)C)cc1Sc1cc(C(C)(C)CC(C)(C)C)ccc1OCC(=O)N[C@@H](CCCN=C(N)N)C(=O)N[C@@H](CCCN=C(N)N)C(=O)OC. The third kappa shape index (κ3) is 29.1. The van der Waals surface area contributed by atoms with Crippen molar-refractivity contribution < 1.29 is 47.7 Å². The molecule has 0 aliphatic carbocycles. The number of hydrogen-bond donors (Lipinski definition) is 12. The lowest BCUT2D eigenvalue weighted by Gasteiger charge is -2.34. The molecule has 0 spiro atoms. The van der Waals surface area contributed by atoms with Gasteiger partial charge in [0.25, 0.3) is 11.8 Å². The van der Waals surface area contributed by atoms with Crippen LogP contribution in [0.25, 0.3) is 0 Å². The highest BCUT2D eigenvalue weighted by Crippen LogP contribution is 2.46. The molecule has 0 unspecified atom stereocenters. The van der Waals surface area contributed by atoms with Crippen LogP contribution in [0.4, 0.5) is 0 Å². The fraction of sp³-hybridized carbons (Fsp3) is 0.621. The van der Waals surface area contributed by atoms with Gasteiger partial charge >= 0.3 is 11.9 Å². The summed E-state index contributed by atoms with van der Waals surface area (Å²) in [6.45, 7) is 21.3. The number of esters is 2. The number of benzene rings is 2. The molecule has 0 radical (unpaired) electrons. The average Bonchev–Trinajstić information content (AvgIpc) is 3.41. The highest BCUT2D eigenvalue weighted by atomic mass is 32.2. The van der Waals surface area contributed by atoms with Crippen molar-refractivity contribution in [2.45, 2.75) is 178 Å². The van der Waals surface area contributed by atoms with Gasteiger partial charge in [0.1, 0.15) is 35.7 Å². The van der Waals surface area contributed by atoms with Gasteiger partial charge in [-0.3, -0.25) is 39.1 Å². The van der Waals surface area contributed by atoms with Crippen molar-refractivity contribution in [2.75, 3.05) is 53.6 Å². The summed E-state index contributed by atoms with van der Waals surface area (Å²) in [5.41, 5.74) is 45.2. The molecule has 85 heavy (non-hydrogen) atoms. The number of guanidine groups is 4. The summed E-state index contributed by atoms with van der Waals surface area (Å²) < 4.78 is 22.7. The average molecular weight is 1210 g/mol. The van der Waals surface area contributed by atoms with Crippen LogP contribution in [0.3, 0.4) is 0 Å². The van der Waals surface area contributed by atoms with E-state index in [-0.39, 0.29) is 110 Å². The Balaban J connectivity index is 2.70. The smallest absolute Gasteiger partial charge is 0.328 e. The second-order valence-corrected chi connectivity index (χ2v) is 25.5. The number of nitrogens with two attached hydrogens (primary N) is 8. The van der Waals surface area contributed by atoms with Crippen molar-refractivity contribution in [1.29, 1.82) is 0 Å². The Bertz CT molecular complexity index is 2470. The van der Waals surface area contributed by atoms with Gasteiger partial charge in [0.05, 0.1) is 24.0 Å². The largest absolute Gasteiger partial charge is 0.483 e. The second kappa shape index (κ2) is 34.9. The zero-order valence-electron chi connectivity index (χ0n) is 52.0. The van der Waals surface area contributed by atoms with Gasteiger partial charge in [0, 0.05) is 26.2 Å². The van der Waals surface area contributed by atoms with Crippen LogP contribution in [0.1, 0.15) is 145 Å². The van der Waals surface area contributed by atoms with E-state index in [9.17, 15) is 28.8 Å². The Hall–Kier alpha value is -7.71. The van der Waals surface area contributed by atoms with Gasteiger partial charge in [0.2, 0.25) is 11.8 Å². The van der Waals surface area contributed by atoms with Crippen LogP contribution in [0.5, 0.6) is 11.5 Å². The Morgan fingerprint density at radius 2 is 0.753 bits per heavy atom. The van der Waals surface area contributed by atoms with Crippen molar-refractivity contribution in [2.24, 2.45) is 76.7 Å². The first-order chi connectivity index (χ1) is 39.6. The minimum Gasteiger partial charge on any atom is -0.483 e. The lowest BCUT2D eigenvalue weighted by molar-refractivity contribution is -0.146. The third-order valence-electron chi connectivity index (χ3n) is 13.0. The van der Waals surface area contributed by atoms with E-state index in [1.807, 2.05) is 24.3 Å². The van der Waals surface area contributed by atoms with Gasteiger partial charge in [-0.15, -0.1) is 0 Å². The first kappa shape index (κ1) is 73.4. The Labute approximate surface area is 505 Å². The fourth-order valence-corrected chi connectivity index (χ4v) is 10.9. The van der Waals surface area contributed by atoms with Crippen LogP contribution in [-0.2, 0) is 49.1 Å². The van der Waals surface area contributed by atoms with Crippen molar-refractivity contribution >= 4 is 71.2 Å². The van der Waals surface area contributed by atoms with Gasteiger partial charge < -0.3 is 86.1 Å². The lowest BCUT2D eigenvalue weighted by atomic mass is 9.72. The van der Waals surface area contributed by atoms with E-state index in [1.165, 1.54) is 26.0 Å². The van der Waals surface area contributed by atoms with Gasteiger partial charge in [-0.1, -0.05) is 93.1 Å². The zero-order valence-corrected chi connectivity index (χ0v) is 52.8. The van der Waals surface area contributed by atoms with Gasteiger partial charge in [-0.2, -0.15) is 0 Å². The molecular weight excluding hydrogens is 1110 g/mol. The molecule has 20 N–H and O–H groups in total. The van der Waals surface area contributed by atoms with Crippen LogP contribution in [0.15, 0.2) is 66.2 Å². The standard InChI is InChI=1S/C58H98N16O10S/c1-55(2,3)33-57(7,8)35-21-23-41(83-31-45(75)71-37(17-13-25-67-51(59)60)47(77)73-39(49(79)81-11)19-15-27-69-53(63)64)43(29-35)85-44-30-36(58(9,10)34-56(4,5)6)22-24-42(44)84-32-46(76)72-38(18-14-26-68-52(61)62)48(78)74-40(50(80)82-12)20-16-28-70-54(65)66/h21-24,29-30,37-40H,13-20,25-28,31-34H2,1-12H3,(H,71,75)(H,72,76)(H,73,77)(H,74,78)(H4,59,60,67)(H4,61,62,68)(H4,63,64,69)(H4,65,66,70)/t37-,38-,39-,40-/m0/s1. The van der Waals surface area contributed by atoms with Crippen molar-refractivity contribution in [3.8, 4) is 11.5 Å². The van der Waals surface area contributed by atoms with Crippen LogP contribution in [0, 0.1) is 10.8 Å². The number of rotatable bonds is 36. The number of ether oxygens (including phenoxy) is 4. The van der Waals surface area contributed by atoms with Crippen LogP contribution >= 0.6 is 11.8 Å². The van der Waals surface area contributed by atoms with Gasteiger partial charge in [-0.25, -0.2) is 9.59 Å². The molecule has 2 rings (SSSR count). The van der Waals surface area contributed by atoms with E-state index < -0.39 is 72.9 Å². The number of carbonyl (C=O) groups excluding carboxylic acids is 6. The Morgan fingerprint density at radius 1 is 0.459 bits per heavy atom. The van der Waals surface area contributed by atoms with E-state index in [0.29, 0.717) is 34.1 Å². The summed E-state index contributed by atoms with van der Waals surface area (Å²) in [6.07, 6.45) is 3.30. The lowest BCUT2D eigenvalue weighted by Crippen LogP contribution is -2.52. The summed E-state index contributed by atoms with van der Waals surface area (Å²) in [7, 11) is 2.39. The predicted octanol–water partition coefficient (Wildman–Crippen LogP) is 2.52. The number of carbonyl (C=O) groups is 6. The fourth-order valence-electron chi connectivity index (χ4n) is 9.87. The normalized spacial score (nSPS) is 13.0. The molecule has 27 heteroatoms. The van der Waals surface area contributed by atoms with Crippen molar-refractivity contribution in [1.82, 2.24) is 21.3 Å². The summed E-state index contributed by atoms with van der Waals surface area (Å²) in [4.78, 5) is 98.5. The first-order valence-corrected chi connectivity index (χ1v) is 29.2. The molecule has 2 aromatic rings. The number of nitrogens with zero attached hydrogens (tertiary/aromatic N) is 4. The number of aliphatic imine (C=N–C) groups is 4. The Kier molecular flexibility index (Phi) is 30.1. The second-order valence-electron chi connectivity index (χ2n) is 24.4. The number of hydrogen-bond acceptors (Lipinski definition) is 15. The third-order valence-corrected chi connectivity index (χ3v) is 14.1. The maximum atomic E-state index is 14.0. The van der Waals surface area contributed by atoms with Gasteiger partial charge in [-0.05, 0) is 121 Å². The summed E-state index contributed by atoms with van der Waals surface area (Å²) in [5, 5.41) is 10.9. The highest BCUT2D eigenvalue weighted by molar-refractivity contribution is 7.99. The van der Waals surface area contributed by atoms with Crippen LogP contribution in [0.2, 0.25) is 0 Å². The predicted molar refractivity (Wildman–Crippen MR) is 334 cm³/mol. The molecular formula is C58H98N16O10S. The van der Waals surface area contributed by atoms with E-state index >= 15 is 0 Å².